The van der Waals surface area contributed by atoms with E-state index in [1.807, 2.05) is 13.1 Å². The van der Waals surface area contributed by atoms with Crippen molar-refractivity contribution in [3.8, 4) is 0 Å². The van der Waals surface area contributed by atoms with Crippen LogP contribution in [0.3, 0.4) is 0 Å². The maximum absolute atomic E-state index is 5.78. The van der Waals surface area contributed by atoms with E-state index in [4.69, 9.17) is 5.84 Å². The van der Waals surface area contributed by atoms with Gasteiger partial charge in [-0.1, -0.05) is 45.4 Å². The van der Waals surface area contributed by atoms with E-state index in [-0.39, 0.29) is 0 Å². The van der Waals surface area contributed by atoms with Crippen LogP contribution in [-0.2, 0) is 6.42 Å². The second-order valence-electron chi connectivity index (χ2n) is 4.58. The molecular weight excluding hydrogens is 198 g/mol. The largest absolute Gasteiger partial charge is 0.338 e. The van der Waals surface area contributed by atoms with Gasteiger partial charge in [0.05, 0.1) is 5.69 Å². The van der Waals surface area contributed by atoms with E-state index in [2.05, 4.69) is 11.9 Å². The minimum Gasteiger partial charge on any atom is -0.338 e. The molecule has 92 valence electrons. The molecule has 0 fully saturated rings. The molecule has 1 rings (SSSR count). The van der Waals surface area contributed by atoms with Gasteiger partial charge in [-0.05, 0) is 13.3 Å². The first-order chi connectivity index (χ1) is 7.74. The molecule has 3 heteroatoms. The molecule has 0 spiro atoms. The zero-order valence-electron chi connectivity index (χ0n) is 10.7. The number of nitrogens with two attached hydrogens (primary N) is 1. The number of aromatic nitrogens is 2. The molecule has 0 bridgehead atoms. The first-order valence-electron chi connectivity index (χ1n) is 6.54. The monoisotopic (exact) mass is 223 g/mol. The second-order valence-corrected chi connectivity index (χ2v) is 4.58. The molecule has 0 aromatic carbocycles. The highest BCUT2D eigenvalue weighted by Gasteiger charge is 2.02. The molecule has 1 aromatic heterocycles. The number of rotatable bonds is 8. The second kappa shape index (κ2) is 7.31. The first kappa shape index (κ1) is 13.1. The molecular formula is C13H25N3. The lowest BCUT2D eigenvalue weighted by Crippen LogP contribution is -2.11. The Kier molecular flexibility index (Phi) is 5.98. The maximum atomic E-state index is 5.78. The Morgan fingerprint density at radius 1 is 1.12 bits per heavy atom. The van der Waals surface area contributed by atoms with Crippen molar-refractivity contribution >= 4 is 0 Å². The third kappa shape index (κ3) is 4.69. The maximum Gasteiger partial charge on any atom is 0.127 e. The average molecular weight is 223 g/mol. The van der Waals surface area contributed by atoms with E-state index in [0.717, 1.165) is 17.9 Å². The lowest BCUT2D eigenvalue weighted by molar-refractivity contribution is 0.582. The molecule has 0 amide bonds. The molecule has 3 nitrogen and oxygen atoms in total. The van der Waals surface area contributed by atoms with E-state index in [0.29, 0.717) is 0 Å². The highest BCUT2D eigenvalue weighted by Crippen LogP contribution is 2.09. The Morgan fingerprint density at radius 2 is 1.75 bits per heavy atom. The fraction of sp³-hybridized carbons (Fsp3) is 0.769. The lowest BCUT2D eigenvalue weighted by Gasteiger charge is -2.02. The molecule has 0 aliphatic heterocycles. The van der Waals surface area contributed by atoms with Crippen LogP contribution >= 0.6 is 0 Å². The zero-order valence-corrected chi connectivity index (χ0v) is 10.7. The van der Waals surface area contributed by atoms with E-state index in [9.17, 15) is 0 Å². The van der Waals surface area contributed by atoms with Crippen molar-refractivity contribution in [2.24, 2.45) is 0 Å². The Hall–Kier alpha value is -0.990. The summed E-state index contributed by atoms with van der Waals surface area (Å²) in [6, 6.07) is 0. The van der Waals surface area contributed by atoms with Gasteiger partial charge in [-0.3, -0.25) is 4.68 Å². The standard InChI is InChI=1S/C13H25N3/c1-3-4-5-6-7-8-9-10-13-15-12(2)11-16(13)14/h11H,3-10,14H2,1-2H3. The van der Waals surface area contributed by atoms with E-state index < -0.39 is 0 Å². The number of imidazole rings is 1. The predicted molar refractivity (Wildman–Crippen MR) is 68.8 cm³/mol. The summed E-state index contributed by atoms with van der Waals surface area (Å²) in [5.74, 6) is 6.80. The molecule has 1 aromatic rings. The minimum atomic E-state index is 1.01. The number of aryl methyl sites for hydroxylation is 2. The Bertz CT molecular complexity index is 291. The number of hydrogen-bond donors (Lipinski definition) is 1. The van der Waals surface area contributed by atoms with Gasteiger partial charge in [0.25, 0.3) is 0 Å². The van der Waals surface area contributed by atoms with Gasteiger partial charge >= 0.3 is 0 Å². The van der Waals surface area contributed by atoms with Crippen molar-refractivity contribution in [3.05, 3.63) is 17.7 Å². The molecule has 0 atom stereocenters. The number of unbranched alkanes of at least 4 members (excludes halogenated alkanes) is 6. The van der Waals surface area contributed by atoms with Crippen LogP contribution < -0.4 is 5.84 Å². The number of nitrogens with zero attached hydrogens (tertiary/aromatic N) is 2. The van der Waals surface area contributed by atoms with Crippen molar-refractivity contribution < 1.29 is 0 Å². The van der Waals surface area contributed by atoms with Crippen molar-refractivity contribution in [1.29, 1.82) is 0 Å². The quantitative estimate of drug-likeness (QED) is 0.543. The van der Waals surface area contributed by atoms with E-state index >= 15 is 0 Å². The molecule has 0 unspecified atom stereocenters. The van der Waals surface area contributed by atoms with E-state index in [1.54, 1.807) is 4.68 Å². The van der Waals surface area contributed by atoms with Gasteiger partial charge in [0, 0.05) is 12.6 Å². The fourth-order valence-corrected chi connectivity index (χ4v) is 1.99. The molecule has 0 aliphatic rings. The summed E-state index contributed by atoms with van der Waals surface area (Å²) in [5.41, 5.74) is 1.01. The van der Waals surface area contributed by atoms with Crippen molar-refractivity contribution in [1.82, 2.24) is 9.66 Å². The van der Waals surface area contributed by atoms with Crippen molar-refractivity contribution in [2.45, 2.75) is 65.2 Å². The number of hydrogen-bond acceptors (Lipinski definition) is 2. The average Bonchev–Trinajstić information content (AvgIpc) is 2.56. The third-order valence-electron chi connectivity index (χ3n) is 2.93. The van der Waals surface area contributed by atoms with Gasteiger partial charge in [-0.15, -0.1) is 0 Å². The highest BCUT2D eigenvalue weighted by atomic mass is 15.3. The summed E-state index contributed by atoms with van der Waals surface area (Å²) in [7, 11) is 0. The van der Waals surface area contributed by atoms with Gasteiger partial charge in [-0.2, -0.15) is 0 Å². The molecule has 16 heavy (non-hydrogen) atoms. The minimum absolute atomic E-state index is 1.01. The van der Waals surface area contributed by atoms with Crippen LogP contribution in [0.15, 0.2) is 6.20 Å². The van der Waals surface area contributed by atoms with Gasteiger partial charge in [0.15, 0.2) is 0 Å². The molecule has 0 saturated carbocycles. The van der Waals surface area contributed by atoms with Gasteiger partial charge in [0.1, 0.15) is 5.82 Å². The molecule has 1 heterocycles. The zero-order chi connectivity index (χ0) is 11.8. The Morgan fingerprint density at radius 3 is 2.31 bits per heavy atom. The van der Waals surface area contributed by atoms with Crippen LogP contribution in [0.4, 0.5) is 0 Å². The Balaban J connectivity index is 2.05. The summed E-state index contributed by atoms with van der Waals surface area (Å²) >= 11 is 0. The van der Waals surface area contributed by atoms with Gasteiger partial charge < -0.3 is 5.84 Å². The Labute approximate surface area is 99.0 Å². The van der Waals surface area contributed by atoms with Gasteiger partial charge in [-0.25, -0.2) is 4.98 Å². The van der Waals surface area contributed by atoms with Crippen molar-refractivity contribution in [2.75, 3.05) is 5.84 Å². The molecule has 0 aliphatic carbocycles. The smallest absolute Gasteiger partial charge is 0.127 e. The van der Waals surface area contributed by atoms with Crippen LogP contribution in [0.5, 0.6) is 0 Å². The van der Waals surface area contributed by atoms with Crippen LogP contribution in [0.2, 0.25) is 0 Å². The summed E-state index contributed by atoms with van der Waals surface area (Å²) < 4.78 is 1.66. The van der Waals surface area contributed by atoms with E-state index in [1.165, 1.54) is 44.9 Å². The summed E-state index contributed by atoms with van der Waals surface area (Å²) in [5, 5.41) is 0. The highest BCUT2D eigenvalue weighted by molar-refractivity contribution is 5.01. The third-order valence-corrected chi connectivity index (χ3v) is 2.93. The normalized spacial score (nSPS) is 10.9. The predicted octanol–water partition coefficient (Wildman–Crippen LogP) is 3.20. The van der Waals surface area contributed by atoms with Crippen LogP contribution in [0.25, 0.3) is 0 Å². The molecule has 0 radical (unpaired) electrons. The topological polar surface area (TPSA) is 43.8 Å². The molecule has 0 saturated heterocycles. The van der Waals surface area contributed by atoms with Crippen LogP contribution in [0.1, 0.15) is 63.4 Å². The van der Waals surface area contributed by atoms with Crippen molar-refractivity contribution in [3.63, 3.8) is 0 Å². The number of nitrogen functional groups attached to an aromatic ring is 1. The SMILES string of the molecule is CCCCCCCCCc1nc(C)cn1N. The summed E-state index contributed by atoms with van der Waals surface area (Å²) in [4.78, 5) is 4.40. The lowest BCUT2D eigenvalue weighted by atomic mass is 10.1. The van der Waals surface area contributed by atoms with Gasteiger partial charge in [0.2, 0.25) is 0 Å². The summed E-state index contributed by atoms with van der Waals surface area (Å²) in [6.07, 6.45) is 12.2. The first-order valence-corrected chi connectivity index (χ1v) is 6.54. The van der Waals surface area contributed by atoms with Crippen LogP contribution in [-0.4, -0.2) is 9.66 Å². The van der Waals surface area contributed by atoms with Crippen LogP contribution in [0, 0.1) is 6.92 Å². The molecule has 2 N–H and O–H groups in total. The fourth-order valence-electron chi connectivity index (χ4n) is 1.99. The summed E-state index contributed by atoms with van der Waals surface area (Å²) in [6.45, 7) is 4.24.